The van der Waals surface area contributed by atoms with Gasteiger partial charge in [0, 0.05) is 6.61 Å². The fraction of sp³-hybridized carbons (Fsp3) is 0.588. The molecule has 1 aromatic rings. The Morgan fingerprint density at radius 1 is 1.29 bits per heavy atom. The van der Waals surface area contributed by atoms with E-state index in [1.807, 2.05) is 6.92 Å². The van der Waals surface area contributed by atoms with Crippen LogP contribution in [-0.4, -0.2) is 18.0 Å². The van der Waals surface area contributed by atoms with Crippen LogP contribution in [0.25, 0.3) is 0 Å². The van der Waals surface area contributed by atoms with Crippen molar-refractivity contribution in [2.45, 2.75) is 52.1 Å². The highest BCUT2D eigenvalue weighted by Gasteiger charge is 2.45. The van der Waals surface area contributed by atoms with E-state index in [1.165, 1.54) is 0 Å². The quantitative estimate of drug-likeness (QED) is 0.697. The molecule has 1 aliphatic rings. The first-order chi connectivity index (χ1) is 9.81. The standard InChI is InChI=1S/C17H22BrFO2/c1-4-21-17(10-8-16(2,3)9-11-17)15(20)12-6-5-7-13(18)14(12)19/h5-7H,4,8-11H2,1-3H3. The van der Waals surface area contributed by atoms with Crippen LogP contribution in [0.5, 0.6) is 0 Å². The van der Waals surface area contributed by atoms with E-state index in [0.717, 1.165) is 12.8 Å². The molecule has 0 bridgehead atoms. The summed E-state index contributed by atoms with van der Waals surface area (Å²) in [5.74, 6) is -0.718. The van der Waals surface area contributed by atoms with Gasteiger partial charge in [-0.2, -0.15) is 0 Å². The lowest BCUT2D eigenvalue weighted by Gasteiger charge is -2.42. The molecule has 116 valence electrons. The minimum Gasteiger partial charge on any atom is -0.367 e. The van der Waals surface area contributed by atoms with Gasteiger partial charge in [-0.15, -0.1) is 0 Å². The largest absolute Gasteiger partial charge is 0.367 e. The molecule has 1 aliphatic carbocycles. The monoisotopic (exact) mass is 356 g/mol. The van der Waals surface area contributed by atoms with Gasteiger partial charge in [0.15, 0.2) is 5.78 Å². The van der Waals surface area contributed by atoms with Crippen LogP contribution in [-0.2, 0) is 4.74 Å². The van der Waals surface area contributed by atoms with E-state index in [2.05, 4.69) is 29.8 Å². The summed E-state index contributed by atoms with van der Waals surface area (Å²) >= 11 is 3.15. The maximum atomic E-state index is 14.2. The Labute approximate surface area is 134 Å². The normalized spacial score (nSPS) is 20.2. The highest BCUT2D eigenvalue weighted by molar-refractivity contribution is 9.10. The van der Waals surface area contributed by atoms with Crippen molar-refractivity contribution < 1.29 is 13.9 Å². The van der Waals surface area contributed by atoms with Crippen LogP contribution in [0.2, 0.25) is 0 Å². The van der Waals surface area contributed by atoms with Crippen LogP contribution in [0.15, 0.2) is 22.7 Å². The van der Waals surface area contributed by atoms with Gasteiger partial charge in [-0.05, 0) is 66.1 Å². The first-order valence-corrected chi connectivity index (χ1v) is 8.23. The molecule has 1 saturated carbocycles. The molecule has 0 aromatic heterocycles. The van der Waals surface area contributed by atoms with E-state index < -0.39 is 11.4 Å². The molecule has 2 rings (SSSR count). The van der Waals surface area contributed by atoms with Gasteiger partial charge in [0.1, 0.15) is 11.4 Å². The predicted octanol–water partition coefficient (Wildman–Crippen LogP) is 5.15. The minimum atomic E-state index is -0.869. The summed E-state index contributed by atoms with van der Waals surface area (Å²) in [6.07, 6.45) is 3.12. The van der Waals surface area contributed by atoms with Crippen LogP contribution < -0.4 is 0 Å². The van der Waals surface area contributed by atoms with Crippen molar-refractivity contribution in [3.05, 3.63) is 34.1 Å². The number of carbonyl (C=O) groups excluding carboxylic acids is 1. The molecule has 21 heavy (non-hydrogen) atoms. The number of benzene rings is 1. The second kappa shape index (κ2) is 6.17. The zero-order valence-electron chi connectivity index (χ0n) is 12.8. The molecule has 0 N–H and O–H groups in total. The van der Waals surface area contributed by atoms with Gasteiger partial charge in [-0.1, -0.05) is 19.9 Å². The fourth-order valence-corrected chi connectivity index (χ4v) is 3.33. The van der Waals surface area contributed by atoms with Crippen molar-refractivity contribution in [1.82, 2.24) is 0 Å². The summed E-state index contributed by atoms with van der Waals surface area (Å²) in [5.41, 5.74) is -0.527. The van der Waals surface area contributed by atoms with Gasteiger partial charge in [0.2, 0.25) is 0 Å². The number of halogens is 2. The maximum absolute atomic E-state index is 14.2. The number of carbonyl (C=O) groups is 1. The third-order valence-electron chi connectivity index (χ3n) is 4.44. The topological polar surface area (TPSA) is 26.3 Å². The molecule has 0 spiro atoms. The van der Waals surface area contributed by atoms with Crippen LogP contribution in [0.3, 0.4) is 0 Å². The Morgan fingerprint density at radius 2 is 1.90 bits per heavy atom. The Morgan fingerprint density at radius 3 is 2.48 bits per heavy atom. The molecule has 0 atom stereocenters. The van der Waals surface area contributed by atoms with Crippen molar-refractivity contribution in [3.63, 3.8) is 0 Å². The van der Waals surface area contributed by atoms with Gasteiger partial charge in [0.05, 0.1) is 10.0 Å². The van der Waals surface area contributed by atoms with Crippen LogP contribution in [0.4, 0.5) is 4.39 Å². The van der Waals surface area contributed by atoms with E-state index in [4.69, 9.17) is 4.74 Å². The second-order valence-corrected chi connectivity index (χ2v) is 7.38. The summed E-state index contributed by atoms with van der Waals surface area (Å²) in [6.45, 7) is 6.74. The van der Waals surface area contributed by atoms with Gasteiger partial charge < -0.3 is 4.74 Å². The van der Waals surface area contributed by atoms with Crippen molar-refractivity contribution in [3.8, 4) is 0 Å². The Bertz CT molecular complexity index is 530. The Hall–Kier alpha value is -0.740. The second-order valence-electron chi connectivity index (χ2n) is 6.52. The van der Waals surface area contributed by atoms with Crippen LogP contribution in [0.1, 0.15) is 56.8 Å². The van der Waals surface area contributed by atoms with Crippen LogP contribution >= 0.6 is 15.9 Å². The SMILES string of the molecule is CCOC1(C(=O)c2cccc(Br)c2F)CCC(C)(C)CC1. The summed E-state index contributed by atoms with van der Waals surface area (Å²) < 4.78 is 20.4. The molecule has 0 unspecified atom stereocenters. The Kier molecular flexibility index (Phi) is 4.89. The molecule has 0 saturated heterocycles. The molecule has 2 nitrogen and oxygen atoms in total. The zero-order chi connectivity index (χ0) is 15.7. The Balaban J connectivity index is 2.34. The summed E-state index contributed by atoms with van der Waals surface area (Å²) in [6, 6.07) is 4.83. The van der Waals surface area contributed by atoms with Crippen molar-refractivity contribution in [1.29, 1.82) is 0 Å². The highest BCUT2D eigenvalue weighted by Crippen LogP contribution is 2.44. The lowest BCUT2D eigenvalue weighted by Crippen LogP contribution is -2.46. The molecule has 0 heterocycles. The first-order valence-electron chi connectivity index (χ1n) is 7.44. The molecule has 1 fully saturated rings. The maximum Gasteiger partial charge on any atom is 0.197 e. The predicted molar refractivity (Wildman–Crippen MR) is 85.0 cm³/mol. The summed E-state index contributed by atoms with van der Waals surface area (Å²) in [4.78, 5) is 12.9. The third-order valence-corrected chi connectivity index (χ3v) is 5.05. The van der Waals surface area contributed by atoms with Gasteiger partial charge >= 0.3 is 0 Å². The van der Waals surface area contributed by atoms with Crippen molar-refractivity contribution in [2.24, 2.45) is 5.41 Å². The summed E-state index contributed by atoms with van der Waals surface area (Å²) in [5, 5.41) is 0. The highest BCUT2D eigenvalue weighted by atomic mass is 79.9. The van der Waals surface area contributed by atoms with Gasteiger partial charge in [-0.3, -0.25) is 4.79 Å². The van der Waals surface area contributed by atoms with E-state index >= 15 is 0 Å². The molecular formula is C17H22BrFO2. The molecule has 0 aliphatic heterocycles. The first kappa shape index (κ1) is 16.6. The number of hydrogen-bond acceptors (Lipinski definition) is 2. The van der Waals surface area contributed by atoms with E-state index in [1.54, 1.807) is 18.2 Å². The van der Waals surface area contributed by atoms with Crippen molar-refractivity contribution >= 4 is 21.7 Å². The smallest absolute Gasteiger partial charge is 0.197 e. The number of Topliss-reactive ketones (excluding diaryl/α,β-unsaturated/α-hetero) is 1. The molecule has 0 amide bonds. The van der Waals surface area contributed by atoms with Gasteiger partial charge in [-0.25, -0.2) is 4.39 Å². The molecule has 1 aromatic carbocycles. The molecule has 0 radical (unpaired) electrons. The fourth-order valence-electron chi connectivity index (χ4n) is 2.97. The zero-order valence-corrected chi connectivity index (χ0v) is 14.4. The lowest BCUT2D eigenvalue weighted by molar-refractivity contribution is -0.0582. The molecular weight excluding hydrogens is 335 g/mol. The van der Waals surface area contributed by atoms with Gasteiger partial charge in [0.25, 0.3) is 0 Å². The number of ketones is 1. The van der Waals surface area contributed by atoms with E-state index in [9.17, 15) is 9.18 Å². The minimum absolute atomic E-state index is 0.123. The van der Waals surface area contributed by atoms with Crippen LogP contribution in [0, 0.1) is 11.2 Å². The summed E-state index contributed by atoms with van der Waals surface area (Å²) in [7, 11) is 0. The molecule has 4 heteroatoms. The lowest BCUT2D eigenvalue weighted by atomic mass is 9.68. The van der Waals surface area contributed by atoms with Crippen molar-refractivity contribution in [2.75, 3.05) is 6.61 Å². The average molecular weight is 357 g/mol. The average Bonchev–Trinajstić information content (AvgIpc) is 2.44. The number of ether oxygens (including phenoxy) is 1. The third kappa shape index (κ3) is 3.37. The van der Waals surface area contributed by atoms with E-state index in [-0.39, 0.29) is 16.8 Å². The van der Waals surface area contributed by atoms with E-state index in [0.29, 0.717) is 23.9 Å². The number of rotatable bonds is 4. The number of hydrogen-bond donors (Lipinski definition) is 0.